The predicted molar refractivity (Wildman–Crippen MR) is 90.3 cm³/mol. The number of methoxy groups -OCH3 is 1. The van der Waals surface area contributed by atoms with Gasteiger partial charge in [-0.25, -0.2) is 4.98 Å². The van der Waals surface area contributed by atoms with Crippen LogP contribution >= 0.6 is 0 Å². The zero-order chi connectivity index (χ0) is 16.7. The van der Waals surface area contributed by atoms with Gasteiger partial charge in [0.2, 0.25) is 5.88 Å². The van der Waals surface area contributed by atoms with Crippen LogP contribution in [-0.4, -0.2) is 37.2 Å². The number of nitrogens with one attached hydrogen (secondary N) is 1. The molecular weight excluding hydrogens is 306 g/mol. The highest BCUT2D eigenvalue weighted by Crippen LogP contribution is 2.40. The van der Waals surface area contributed by atoms with Crippen LogP contribution in [0.3, 0.4) is 0 Å². The van der Waals surface area contributed by atoms with Crippen molar-refractivity contribution < 1.29 is 14.3 Å². The molecule has 1 aliphatic carbocycles. The molecule has 0 radical (unpaired) electrons. The summed E-state index contributed by atoms with van der Waals surface area (Å²) in [6.45, 7) is 1.70. The molecule has 6 heteroatoms. The van der Waals surface area contributed by atoms with Gasteiger partial charge in [-0.1, -0.05) is 0 Å². The van der Waals surface area contributed by atoms with Gasteiger partial charge < -0.3 is 20.5 Å². The van der Waals surface area contributed by atoms with E-state index in [-0.39, 0.29) is 0 Å². The van der Waals surface area contributed by atoms with E-state index in [9.17, 15) is 4.79 Å². The van der Waals surface area contributed by atoms with Gasteiger partial charge in [0, 0.05) is 17.6 Å². The molecule has 0 unspecified atom stereocenters. The Morgan fingerprint density at radius 3 is 2.96 bits per heavy atom. The maximum absolute atomic E-state index is 11.6. The summed E-state index contributed by atoms with van der Waals surface area (Å²) in [5.41, 5.74) is 5.78. The van der Waals surface area contributed by atoms with Crippen LogP contribution in [0.25, 0.3) is 10.8 Å². The highest BCUT2D eigenvalue weighted by atomic mass is 16.5. The zero-order valence-corrected chi connectivity index (χ0v) is 13.6. The Kier molecular flexibility index (Phi) is 3.76. The second-order valence-corrected chi connectivity index (χ2v) is 6.58. The molecule has 0 bridgehead atoms. The number of primary amides is 1. The molecular formula is C18H21N3O3. The third kappa shape index (κ3) is 2.47. The molecule has 24 heavy (non-hydrogen) atoms. The highest BCUT2D eigenvalue weighted by Gasteiger charge is 2.42. The number of rotatable bonds is 5. The SMILES string of the molecule is COc1cc2c(OC[C@H]3NC[C@@H]4CC[C@@H]43)nccc2cc1C(N)=O. The Bertz CT molecular complexity index is 792. The van der Waals surface area contributed by atoms with E-state index in [0.29, 0.717) is 29.8 Å². The lowest BCUT2D eigenvalue weighted by Gasteiger charge is -2.32. The quantitative estimate of drug-likeness (QED) is 0.873. The van der Waals surface area contributed by atoms with Crippen molar-refractivity contribution in [2.45, 2.75) is 18.9 Å². The summed E-state index contributed by atoms with van der Waals surface area (Å²) >= 11 is 0. The minimum atomic E-state index is -0.515. The van der Waals surface area contributed by atoms with Crippen molar-refractivity contribution in [3.63, 3.8) is 0 Å². The number of nitrogens with zero attached hydrogens (tertiary/aromatic N) is 1. The van der Waals surface area contributed by atoms with Gasteiger partial charge in [-0.05, 0) is 54.8 Å². The van der Waals surface area contributed by atoms with Crippen LogP contribution in [0, 0.1) is 11.8 Å². The zero-order valence-electron chi connectivity index (χ0n) is 13.6. The number of nitrogens with two attached hydrogens (primary N) is 1. The van der Waals surface area contributed by atoms with Crippen LogP contribution in [0.2, 0.25) is 0 Å². The molecule has 1 saturated heterocycles. The number of aromatic nitrogens is 1. The molecule has 2 aromatic rings. The number of carbonyl (C=O) groups is 1. The van der Waals surface area contributed by atoms with Crippen molar-refractivity contribution in [1.29, 1.82) is 0 Å². The van der Waals surface area contributed by atoms with Gasteiger partial charge >= 0.3 is 0 Å². The molecule has 4 rings (SSSR count). The van der Waals surface area contributed by atoms with Crippen LogP contribution in [0.15, 0.2) is 24.4 Å². The van der Waals surface area contributed by atoms with Crippen molar-refractivity contribution in [2.75, 3.05) is 20.3 Å². The van der Waals surface area contributed by atoms with Gasteiger partial charge in [-0.15, -0.1) is 0 Å². The predicted octanol–water partition coefficient (Wildman–Crippen LogP) is 1.72. The number of pyridine rings is 1. The van der Waals surface area contributed by atoms with E-state index < -0.39 is 5.91 Å². The summed E-state index contributed by atoms with van der Waals surface area (Å²) in [5, 5.41) is 5.22. The second kappa shape index (κ2) is 5.94. The molecule has 2 heterocycles. The number of ether oxygens (including phenoxy) is 2. The Morgan fingerprint density at radius 2 is 2.29 bits per heavy atom. The fourth-order valence-corrected chi connectivity index (χ4v) is 3.83. The molecule has 1 aromatic heterocycles. The van der Waals surface area contributed by atoms with Crippen molar-refractivity contribution in [2.24, 2.45) is 17.6 Å². The molecule has 1 amide bonds. The number of hydrogen-bond acceptors (Lipinski definition) is 5. The van der Waals surface area contributed by atoms with Crippen molar-refractivity contribution >= 4 is 16.7 Å². The smallest absolute Gasteiger partial charge is 0.252 e. The lowest BCUT2D eigenvalue weighted by atomic mass is 9.73. The fourth-order valence-electron chi connectivity index (χ4n) is 3.83. The molecule has 126 valence electrons. The Hall–Kier alpha value is -2.34. The molecule has 3 atom stereocenters. The Labute approximate surface area is 140 Å². The van der Waals surface area contributed by atoms with Crippen LogP contribution in [0.1, 0.15) is 23.2 Å². The molecule has 2 fully saturated rings. The normalized spacial score (nSPS) is 25.1. The minimum Gasteiger partial charge on any atom is -0.496 e. The minimum absolute atomic E-state index is 0.358. The van der Waals surface area contributed by atoms with Crippen molar-refractivity contribution in [1.82, 2.24) is 10.3 Å². The van der Waals surface area contributed by atoms with E-state index in [1.54, 1.807) is 18.3 Å². The molecule has 1 aromatic carbocycles. The molecule has 2 aliphatic rings. The van der Waals surface area contributed by atoms with Gasteiger partial charge in [0.15, 0.2) is 0 Å². The average molecular weight is 327 g/mol. The number of carbonyl (C=O) groups excluding carboxylic acids is 1. The Morgan fingerprint density at radius 1 is 1.42 bits per heavy atom. The topological polar surface area (TPSA) is 86.5 Å². The van der Waals surface area contributed by atoms with E-state index >= 15 is 0 Å². The van der Waals surface area contributed by atoms with E-state index in [0.717, 1.165) is 29.2 Å². The van der Waals surface area contributed by atoms with E-state index in [4.69, 9.17) is 15.2 Å². The van der Waals surface area contributed by atoms with E-state index in [1.807, 2.05) is 6.07 Å². The maximum Gasteiger partial charge on any atom is 0.252 e. The largest absolute Gasteiger partial charge is 0.496 e. The summed E-state index contributed by atoms with van der Waals surface area (Å²) < 4.78 is 11.3. The van der Waals surface area contributed by atoms with Crippen molar-refractivity contribution in [3.05, 3.63) is 30.0 Å². The lowest BCUT2D eigenvalue weighted by molar-refractivity contribution is 0.0997. The fraction of sp³-hybridized carbons (Fsp3) is 0.444. The standard InChI is InChI=1S/C18H21N3O3/c1-23-16-7-13-10(6-14(16)17(19)22)4-5-20-18(13)24-9-15-12-3-2-11(12)8-21-15/h4-7,11-12,15,21H,2-3,8-9H2,1H3,(H2,19,22)/t11-,12-,15+/m0/s1. The van der Waals surface area contributed by atoms with Crippen LogP contribution < -0.4 is 20.5 Å². The first kappa shape index (κ1) is 15.2. The van der Waals surface area contributed by atoms with Gasteiger partial charge in [-0.2, -0.15) is 0 Å². The summed E-state index contributed by atoms with van der Waals surface area (Å²) in [7, 11) is 1.52. The van der Waals surface area contributed by atoms with Gasteiger partial charge in [0.1, 0.15) is 12.4 Å². The van der Waals surface area contributed by atoms with Gasteiger partial charge in [-0.3, -0.25) is 4.79 Å². The highest BCUT2D eigenvalue weighted by molar-refractivity contribution is 6.01. The second-order valence-electron chi connectivity index (χ2n) is 6.58. The number of fused-ring (bicyclic) bond motifs is 2. The first-order valence-corrected chi connectivity index (χ1v) is 8.30. The summed E-state index contributed by atoms with van der Waals surface area (Å²) in [5.74, 6) is 2.03. The van der Waals surface area contributed by atoms with E-state index in [2.05, 4.69) is 10.3 Å². The Balaban J connectivity index is 1.61. The third-order valence-electron chi connectivity index (χ3n) is 5.35. The summed E-state index contributed by atoms with van der Waals surface area (Å²) in [6, 6.07) is 5.73. The first-order valence-electron chi connectivity index (χ1n) is 8.30. The van der Waals surface area contributed by atoms with Gasteiger partial charge in [0.05, 0.1) is 12.7 Å². The van der Waals surface area contributed by atoms with Crippen LogP contribution in [-0.2, 0) is 0 Å². The van der Waals surface area contributed by atoms with Crippen molar-refractivity contribution in [3.8, 4) is 11.6 Å². The average Bonchev–Trinajstić information content (AvgIpc) is 2.84. The van der Waals surface area contributed by atoms with Gasteiger partial charge in [0.25, 0.3) is 5.91 Å². The van der Waals surface area contributed by atoms with Crippen LogP contribution in [0.5, 0.6) is 11.6 Å². The molecule has 0 spiro atoms. The molecule has 6 nitrogen and oxygen atoms in total. The number of hydrogen-bond donors (Lipinski definition) is 2. The summed E-state index contributed by atoms with van der Waals surface area (Å²) in [6.07, 6.45) is 4.29. The van der Waals surface area contributed by atoms with E-state index in [1.165, 1.54) is 20.0 Å². The summed E-state index contributed by atoms with van der Waals surface area (Å²) in [4.78, 5) is 15.9. The number of amides is 1. The van der Waals surface area contributed by atoms with Crippen LogP contribution in [0.4, 0.5) is 0 Å². The first-order chi connectivity index (χ1) is 11.7. The monoisotopic (exact) mass is 327 g/mol. The maximum atomic E-state index is 11.6. The molecule has 3 N–H and O–H groups in total. The molecule has 1 aliphatic heterocycles. The third-order valence-corrected chi connectivity index (χ3v) is 5.35. The number of benzene rings is 1. The lowest BCUT2D eigenvalue weighted by Crippen LogP contribution is -2.36. The molecule has 1 saturated carbocycles.